The standard InChI is InChI=1S/C15H26N6/c1-3-4-11-21(12-7-8-12)15-18-13(16-2)17-14(19-15)20-9-5-6-10-20/h12H,3-11H2,1-2H3,(H,16,17,18,19). The second-order valence-corrected chi connectivity index (χ2v) is 5.98. The Morgan fingerprint density at radius 2 is 1.95 bits per heavy atom. The highest BCUT2D eigenvalue weighted by molar-refractivity contribution is 5.46. The fourth-order valence-electron chi connectivity index (χ4n) is 2.81. The first-order chi connectivity index (χ1) is 10.3. The predicted molar refractivity (Wildman–Crippen MR) is 86.1 cm³/mol. The Labute approximate surface area is 127 Å². The van der Waals surface area contributed by atoms with Crippen LogP contribution in [0, 0.1) is 0 Å². The third kappa shape index (κ3) is 3.36. The van der Waals surface area contributed by atoms with E-state index in [1.807, 2.05) is 7.05 Å². The van der Waals surface area contributed by atoms with Crippen molar-refractivity contribution in [2.75, 3.05) is 41.8 Å². The van der Waals surface area contributed by atoms with Crippen molar-refractivity contribution in [3.63, 3.8) is 0 Å². The number of nitrogens with zero attached hydrogens (tertiary/aromatic N) is 5. The van der Waals surface area contributed by atoms with E-state index in [1.54, 1.807) is 0 Å². The maximum atomic E-state index is 4.77. The van der Waals surface area contributed by atoms with Gasteiger partial charge in [0.05, 0.1) is 0 Å². The van der Waals surface area contributed by atoms with E-state index >= 15 is 0 Å². The van der Waals surface area contributed by atoms with Gasteiger partial charge in [0.1, 0.15) is 0 Å². The predicted octanol–water partition coefficient (Wildman–Crippen LogP) is 2.28. The van der Waals surface area contributed by atoms with E-state index in [-0.39, 0.29) is 0 Å². The van der Waals surface area contributed by atoms with Gasteiger partial charge in [0.2, 0.25) is 17.8 Å². The average molecular weight is 290 g/mol. The van der Waals surface area contributed by atoms with Crippen LogP contribution < -0.4 is 15.1 Å². The normalized spacial score (nSPS) is 18.1. The lowest BCUT2D eigenvalue weighted by atomic mass is 10.3. The van der Waals surface area contributed by atoms with Crippen LogP contribution in [-0.4, -0.2) is 47.7 Å². The van der Waals surface area contributed by atoms with Gasteiger partial charge in [-0.1, -0.05) is 13.3 Å². The molecule has 2 heterocycles. The van der Waals surface area contributed by atoms with Crippen LogP contribution in [-0.2, 0) is 0 Å². The lowest BCUT2D eigenvalue weighted by molar-refractivity contribution is 0.690. The molecular formula is C15H26N6. The summed E-state index contributed by atoms with van der Waals surface area (Å²) >= 11 is 0. The van der Waals surface area contributed by atoms with Crippen LogP contribution in [0.5, 0.6) is 0 Å². The zero-order valence-corrected chi connectivity index (χ0v) is 13.2. The molecule has 1 saturated heterocycles. The summed E-state index contributed by atoms with van der Waals surface area (Å²) in [5.74, 6) is 2.38. The Morgan fingerprint density at radius 3 is 2.57 bits per heavy atom. The third-order valence-electron chi connectivity index (χ3n) is 4.22. The molecule has 21 heavy (non-hydrogen) atoms. The van der Waals surface area contributed by atoms with E-state index < -0.39 is 0 Å². The van der Waals surface area contributed by atoms with Crippen molar-refractivity contribution in [3.8, 4) is 0 Å². The van der Waals surface area contributed by atoms with Crippen molar-refractivity contribution in [1.29, 1.82) is 0 Å². The first kappa shape index (κ1) is 14.4. The Hall–Kier alpha value is -1.59. The molecule has 0 spiro atoms. The van der Waals surface area contributed by atoms with E-state index in [2.05, 4.69) is 32.0 Å². The van der Waals surface area contributed by atoms with Gasteiger partial charge in [-0.3, -0.25) is 0 Å². The van der Waals surface area contributed by atoms with E-state index in [0.29, 0.717) is 12.0 Å². The molecule has 0 unspecified atom stereocenters. The second kappa shape index (κ2) is 6.45. The molecule has 1 aliphatic heterocycles. The summed E-state index contributed by atoms with van der Waals surface area (Å²) in [4.78, 5) is 18.6. The molecule has 3 rings (SSSR count). The molecule has 1 N–H and O–H groups in total. The third-order valence-corrected chi connectivity index (χ3v) is 4.22. The Bertz CT molecular complexity index is 467. The van der Waals surface area contributed by atoms with E-state index in [0.717, 1.165) is 31.5 Å². The minimum atomic E-state index is 0.634. The molecule has 2 aliphatic rings. The van der Waals surface area contributed by atoms with Gasteiger partial charge in [-0.15, -0.1) is 0 Å². The topological polar surface area (TPSA) is 57.2 Å². The number of rotatable bonds is 7. The molecule has 1 aromatic heterocycles. The van der Waals surface area contributed by atoms with Crippen LogP contribution in [0.15, 0.2) is 0 Å². The summed E-state index contributed by atoms with van der Waals surface area (Å²) in [7, 11) is 1.88. The van der Waals surface area contributed by atoms with Crippen molar-refractivity contribution >= 4 is 17.8 Å². The summed E-state index contributed by atoms with van der Waals surface area (Å²) < 4.78 is 0. The van der Waals surface area contributed by atoms with E-state index in [9.17, 15) is 0 Å². The molecule has 6 heteroatoms. The Balaban J connectivity index is 1.86. The van der Waals surface area contributed by atoms with Crippen LogP contribution in [0.2, 0.25) is 0 Å². The maximum absolute atomic E-state index is 4.77. The molecule has 1 aromatic rings. The fraction of sp³-hybridized carbons (Fsp3) is 0.800. The number of unbranched alkanes of at least 4 members (excludes halogenated alkanes) is 1. The lowest BCUT2D eigenvalue weighted by Gasteiger charge is -2.24. The molecule has 1 aliphatic carbocycles. The van der Waals surface area contributed by atoms with Gasteiger partial charge in [-0.2, -0.15) is 15.0 Å². The molecule has 0 atom stereocenters. The Morgan fingerprint density at radius 1 is 1.19 bits per heavy atom. The second-order valence-electron chi connectivity index (χ2n) is 5.98. The summed E-state index contributed by atoms with van der Waals surface area (Å²) in [6.45, 7) is 5.40. The molecular weight excluding hydrogens is 264 g/mol. The van der Waals surface area contributed by atoms with Crippen LogP contribution in [0.1, 0.15) is 45.4 Å². The lowest BCUT2D eigenvalue weighted by Crippen LogP contribution is -2.30. The van der Waals surface area contributed by atoms with Gasteiger partial charge in [0.25, 0.3) is 0 Å². The number of aromatic nitrogens is 3. The molecule has 1 saturated carbocycles. The highest BCUT2D eigenvalue weighted by Gasteiger charge is 2.31. The smallest absolute Gasteiger partial charge is 0.232 e. The minimum Gasteiger partial charge on any atom is -0.357 e. The van der Waals surface area contributed by atoms with Gasteiger partial charge < -0.3 is 15.1 Å². The fourth-order valence-corrected chi connectivity index (χ4v) is 2.81. The van der Waals surface area contributed by atoms with Crippen molar-refractivity contribution in [2.24, 2.45) is 0 Å². The maximum Gasteiger partial charge on any atom is 0.232 e. The van der Waals surface area contributed by atoms with Gasteiger partial charge in [-0.05, 0) is 32.1 Å². The van der Waals surface area contributed by atoms with Crippen LogP contribution in [0.25, 0.3) is 0 Å². The number of nitrogens with one attached hydrogen (secondary N) is 1. The number of anilines is 3. The monoisotopic (exact) mass is 290 g/mol. The van der Waals surface area contributed by atoms with Crippen LogP contribution in [0.3, 0.4) is 0 Å². The van der Waals surface area contributed by atoms with Crippen LogP contribution >= 0.6 is 0 Å². The number of hydrogen-bond donors (Lipinski definition) is 1. The molecule has 0 bridgehead atoms. The largest absolute Gasteiger partial charge is 0.357 e. The van der Waals surface area contributed by atoms with Crippen molar-refractivity contribution < 1.29 is 0 Å². The molecule has 0 aromatic carbocycles. The van der Waals surface area contributed by atoms with Crippen molar-refractivity contribution in [3.05, 3.63) is 0 Å². The van der Waals surface area contributed by atoms with E-state index in [1.165, 1.54) is 38.5 Å². The first-order valence-corrected chi connectivity index (χ1v) is 8.27. The number of hydrogen-bond acceptors (Lipinski definition) is 6. The van der Waals surface area contributed by atoms with Gasteiger partial charge >= 0.3 is 0 Å². The summed E-state index contributed by atoms with van der Waals surface area (Å²) in [5.41, 5.74) is 0. The zero-order valence-electron chi connectivity index (χ0n) is 13.2. The highest BCUT2D eigenvalue weighted by atomic mass is 15.4. The molecule has 0 amide bonds. The zero-order chi connectivity index (χ0) is 14.7. The SMILES string of the molecule is CCCCN(c1nc(NC)nc(N2CCCC2)n1)C1CC1. The molecule has 2 fully saturated rings. The van der Waals surface area contributed by atoms with Gasteiger partial charge in [0.15, 0.2) is 0 Å². The average Bonchev–Trinajstić information content (AvgIpc) is 3.20. The molecule has 0 radical (unpaired) electrons. The van der Waals surface area contributed by atoms with Gasteiger partial charge in [-0.25, -0.2) is 0 Å². The van der Waals surface area contributed by atoms with Crippen molar-refractivity contribution in [1.82, 2.24) is 15.0 Å². The molecule has 6 nitrogen and oxygen atoms in total. The minimum absolute atomic E-state index is 0.634. The summed E-state index contributed by atoms with van der Waals surface area (Å²) in [6.07, 6.45) is 7.39. The first-order valence-electron chi connectivity index (χ1n) is 8.27. The summed E-state index contributed by atoms with van der Waals surface area (Å²) in [5, 5.41) is 3.09. The van der Waals surface area contributed by atoms with Crippen LogP contribution in [0.4, 0.5) is 17.8 Å². The van der Waals surface area contributed by atoms with E-state index in [4.69, 9.17) is 4.98 Å². The highest BCUT2D eigenvalue weighted by Crippen LogP contribution is 2.31. The summed E-state index contributed by atoms with van der Waals surface area (Å²) in [6, 6.07) is 0.634. The Kier molecular flexibility index (Phi) is 4.41. The van der Waals surface area contributed by atoms with Crippen molar-refractivity contribution in [2.45, 2.75) is 51.5 Å². The molecule has 116 valence electrons. The van der Waals surface area contributed by atoms with Gasteiger partial charge in [0, 0.05) is 32.7 Å². The quantitative estimate of drug-likeness (QED) is 0.831.